The monoisotopic (exact) mass is 459 g/mol. The Morgan fingerprint density at radius 2 is 1.59 bits per heavy atom. The molecule has 0 heterocycles. The molecule has 0 radical (unpaired) electrons. The zero-order chi connectivity index (χ0) is 24.3. The molecule has 3 aromatic rings. The minimum Gasteiger partial charge on any atom is -0.494 e. The first-order valence-corrected chi connectivity index (χ1v) is 10.7. The minimum atomic E-state index is -0.482. The van der Waals surface area contributed by atoms with Gasteiger partial charge in [-0.05, 0) is 79.6 Å². The third-order valence-electron chi connectivity index (χ3n) is 4.69. The average molecular weight is 460 g/mol. The van der Waals surface area contributed by atoms with Gasteiger partial charge in [0.1, 0.15) is 11.5 Å². The summed E-state index contributed by atoms with van der Waals surface area (Å²) in [5.74, 6) is -0.210. The van der Waals surface area contributed by atoms with E-state index < -0.39 is 11.9 Å². The standard InChI is InChI=1S/C26H25N3O5/c1-3-33-21-14-10-20(11-15-21)26(32)34-22-12-8-19(9-13-22)16-28-29-24(30)17-27-25(31)23-7-5-4-6-18(23)2/h4-16H,3,17H2,1-2H3,(H,27,31)(H,29,30). The first kappa shape index (κ1) is 24.2. The third-order valence-corrected chi connectivity index (χ3v) is 4.69. The van der Waals surface area contributed by atoms with E-state index in [0.29, 0.717) is 34.8 Å². The number of hydrogen-bond donors (Lipinski definition) is 2. The van der Waals surface area contributed by atoms with E-state index in [1.165, 1.54) is 6.21 Å². The predicted molar refractivity (Wildman–Crippen MR) is 128 cm³/mol. The third kappa shape index (κ3) is 7.03. The van der Waals surface area contributed by atoms with Crippen molar-refractivity contribution in [1.82, 2.24) is 10.7 Å². The number of ether oxygens (including phenoxy) is 2. The van der Waals surface area contributed by atoms with E-state index in [1.807, 2.05) is 26.0 Å². The second-order valence-corrected chi connectivity index (χ2v) is 7.21. The summed E-state index contributed by atoms with van der Waals surface area (Å²) in [6, 6.07) is 20.4. The van der Waals surface area contributed by atoms with Crippen molar-refractivity contribution in [2.24, 2.45) is 5.10 Å². The predicted octanol–water partition coefficient (Wildman–Crippen LogP) is 3.49. The van der Waals surface area contributed by atoms with E-state index >= 15 is 0 Å². The van der Waals surface area contributed by atoms with Crippen LogP contribution in [0, 0.1) is 6.92 Å². The van der Waals surface area contributed by atoms with Crippen LogP contribution in [0.3, 0.4) is 0 Å². The van der Waals surface area contributed by atoms with Gasteiger partial charge >= 0.3 is 5.97 Å². The van der Waals surface area contributed by atoms with Gasteiger partial charge in [0.25, 0.3) is 11.8 Å². The molecule has 0 aliphatic carbocycles. The molecule has 0 spiro atoms. The maximum absolute atomic E-state index is 12.3. The van der Waals surface area contributed by atoms with Gasteiger partial charge in [-0.1, -0.05) is 18.2 Å². The van der Waals surface area contributed by atoms with E-state index in [1.54, 1.807) is 60.7 Å². The topological polar surface area (TPSA) is 106 Å². The summed E-state index contributed by atoms with van der Waals surface area (Å²) >= 11 is 0. The van der Waals surface area contributed by atoms with Crippen LogP contribution >= 0.6 is 0 Å². The summed E-state index contributed by atoms with van der Waals surface area (Å²) in [6.07, 6.45) is 1.44. The molecular weight excluding hydrogens is 434 g/mol. The molecule has 0 saturated carbocycles. The molecule has 2 N–H and O–H groups in total. The van der Waals surface area contributed by atoms with E-state index in [2.05, 4.69) is 15.8 Å². The molecule has 0 aliphatic rings. The fourth-order valence-corrected chi connectivity index (χ4v) is 2.94. The van der Waals surface area contributed by atoms with Crippen LogP contribution in [0.25, 0.3) is 0 Å². The molecule has 34 heavy (non-hydrogen) atoms. The average Bonchev–Trinajstić information content (AvgIpc) is 2.84. The van der Waals surface area contributed by atoms with Crippen LogP contribution in [0.2, 0.25) is 0 Å². The summed E-state index contributed by atoms with van der Waals surface area (Å²) in [5, 5.41) is 6.43. The van der Waals surface area contributed by atoms with E-state index in [0.717, 1.165) is 5.56 Å². The molecule has 0 aromatic heterocycles. The lowest BCUT2D eigenvalue weighted by atomic mass is 10.1. The van der Waals surface area contributed by atoms with E-state index in [4.69, 9.17) is 9.47 Å². The van der Waals surface area contributed by atoms with Gasteiger partial charge in [-0.25, -0.2) is 10.2 Å². The van der Waals surface area contributed by atoms with Gasteiger partial charge in [0, 0.05) is 5.56 Å². The maximum atomic E-state index is 12.3. The summed E-state index contributed by atoms with van der Waals surface area (Å²) in [5.41, 5.74) is 4.79. The Hall–Kier alpha value is -4.46. The molecule has 0 bridgehead atoms. The number of esters is 1. The number of rotatable bonds is 9. The molecule has 2 amide bonds. The molecule has 0 aliphatic heterocycles. The van der Waals surface area contributed by atoms with Crippen LogP contribution in [0.1, 0.15) is 38.8 Å². The molecule has 0 atom stereocenters. The van der Waals surface area contributed by atoms with Gasteiger partial charge < -0.3 is 14.8 Å². The molecule has 0 fully saturated rings. The Morgan fingerprint density at radius 1 is 0.912 bits per heavy atom. The van der Waals surface area contributed by atoms with Crippen molar-refractivity contribution in [1.29, 1.82) is 0 Å². The lowest BCUT2D eigenvalue weighted by Crippen LogP contribution is -2.35. The fraction of sp³-hybridized carbons (Fsp3) is 0.154. The van der Waals surface area contributed by atoms with Crippen molar-refractivity contribution < 1.29 is 23.9 Å². The number of amides is 2. The van der Waals surface area contributed by atoms with E-state index in [9.17, 15) is 14.4 Å². The summed E-state index contributed by atoms with van der Waals surface area (Å²) in [4.78, 5) is 36.3. The summed E-state index contributed by atoms with van der Waals surface area (Å²) in [7, 11) is 0. The number of aryl methyl sites for hydroxylation is 1. The lowest BCUT2D eigenvalue weighted by molar-refractivity contribution is -0.120. The molecule has 174 valence electrons. The van der Waals surface area contributed by atoms with Gasteiger partial charge in [-0.15, -0.1) is 0 Å². The Kier molecular flexibility index (Phi) is 8.51. The van der Waals surface area contributed by atoms with Crippen molar-refractivity contribution in [3.05, 3.63) is 95.1 Å². The molecule has 8 heteroatoms. The number of nitrogens with one attached hydrogen (secondary N) is 2. The second kappa shape index (κ2) is 12.0. The molecule has 8 nitrogen and oxygen atoms in total. The normalized spacial score (nSPS) is 10.5. The number of hydrazone groups is 1. The van der Waals surface area contributed by atoms with Crippen LogP contribution in [0.4, 0.5) is 0 Å². The van der Waals surface area contributed by atoms with E-state index in [-0.39, 0.29) is 12.5 Å². The highest BCUT2D eigenvalue weighted by atomic mass is 16.5. The number of carbonyl (C=O) groups excluding carboxylic acids is 3. The SMILES string of the molecule is CCOc1ccc(C(=O)Oc2ccc(C=NNC(=O)CNC(=O)c3ccccc3C)cc2)cc1. The van der Waals surface area contributed by atoms with Crippen LogP contribution in [0.15, 0.2) is 77.9 Å². The largest absolute Gasteiger partial charge is 0.494 e. The fourth-order valence-electron chi connectivity index (χ4n) is 2.94. The maximum Gasteiger partial charge on any atom is 0.343 e. The quantitative estimate of drug-likeness (QED) is 0.221. The van der Waals surface area contributed by atoms with Crippen molar-refractivity contribution in [2.45, 2.75) is 13.8 Å². The van der Waals surface area contributed by atoms with Crippen molar-refractivity contribution >= 4 is 24.0 Å². The Labute approximate surface area is 197 Å². The van der Waals surface area contributed by atoms with Crippen molar-refractivity contribution in [3.63, 3.8) is 0 Å². The highest BCUT2D eigenvalue weighted by molar-refractivity contribution is 5.97. The van der Waals surface area contributed by atoms with Gasteiger partial charge in [0.05, 0.1) is 24.9 Å². The van der Waals surface area contributed by atoms with Gasteiger partial charge in [0.15, 0.2) is 0 Å². The summed E-state index contributed by atoms with van der Waals surface area (Å²) < 4.78 is 10.7. The number of carbonyl (C=O) groups is 3. The van der Waals surface area contributed by atoms with Gasteiger partial charge in [-0.2, -0.15) is 5.10 Å². The molecule has 3 aromatic carbocycles. The minimum absolute atomic E-state index is 0.203. The molecule has 3 rings (SSSR count). The lowest BCUT2D eigenvalue weighted by Gasteiger charge is -2.07. The number of hydrogen-bond acceptors (Lipinski definition) is 6. The zero-order valence-electron chi connectivity index (χ0n) is 18.9. The van der Waals surface area contributed by atoms with Crippen molar-refractivity contribution in [2.75, 3.05) is 13.2 Å². The van der Waals surface area contributed by atoms with Gasteiger partial charge in [0.2, 0.25) is 0 Å². The highest BCUT2D eigenvalue weighted by Crippen LogP contribution is 2.16. The molecular formula is C26H25N3O5. The number of benzene rings is 3. The van der Waals surface area contributed by atoms with Crippen molar-refractivity contribution in [3.8, 4) is 11.5 Å². The Balaban J connectivity index is 1.45. The first-order valence-electron chi connectivity index (χ1n) is 10.7. The molecule has 0 saturated heterocycles. The van der Waals surface area contributed by atoms with Crippen LogP contribution < -0.4 is 20.2 Å². The van der Waals surface area contributed by atoms with Crippen LogP contribution in [0.5, 0.6) is 11.5 Å². The Morgan fingerprint density at radius 3 is 2.26 bits per heavy atom. The van der Waals surface area contributed by atoms with Crippen LogP contribution in [-0.2, 0) is 4.79 Å². The smallest absolute Gasteiger partial charge is 0.343 e. The van der Waals surface area contributed by atoms with Crippen LogP contribution in [-0.4, -0.2) is 37.1 Å². The Bertz CT molecular complexity index is 1170. The van der Waals surface area contributed by atoms with Gasteiger partial charge in [-0.3, -0.25) is 9.59 Å². The molecule has 0 unspecified atom stereocenters. The first-order chi connectivity index (χ1) is 16.5. The summed E-state index contributed by atoms with van der Waals surface area (Å²) in [6.45, 7) is 4.06. The highest BCUT2D eigenvalue weighted by Gasteiger charge is 2.10. The number of nitrogens with zero attached hydrogens (tertiary/aromatic N) is 1. The second-order valence-electron chi connectivity index (χ2n) is 7.21. The zero-order valence-corrected chi connectivity index (χ0v) is 18.9.